The van der Waals surface area contributed by atoms with Crippen molar-refractivity contribution in [2.75, 3.05) is 11.9 Å². The number of nitrogens with one attached hydrogen (secondary N) is 1. The Labute approximate surface area is 88.1 Å². The van der Waals surface area contributed by atoms with Crippen molar-refractivity contribution in [3.8, 4) is 0 Å². The molecule has 2 rings (SSSR count). The van der Waals surface area contributed by atoms with E-state index in [1.165, 1.54) is 0 Å². The SMILES string of the molecule is CCNc1cccc2c(C=O)nccc12. The molecule has 2 aromatic rings. The standard InChI is InChI=1S/C12H12N2O/c1-2-13-11-5-3-4-9-10(11)6-7-14-12(9)8-15/h3-8,13H,2H2,1H3. The van der Waals surface area contributed by atoms with Crippen LogP contribution in [-0.4, -0.2) is 17.8 Å². The fourth-order valence-corrected chi connectivity index (χ4v) is 1.67. The molecular formula is C12H12N2O. The quantitative estimate of drug-likeness (QED) is 0.774. The highest BCUT2D eigenvalue weighted by Gasteiger charge is 2.03. The number of carbonyl (C=O) groups excluding carboxylic acids is 1. The summed E-state index contributed by atoms with van der Waals surface area (Å²) in [5.74, 6) is 0. The summed E-state index contributed by atoms with van der Waals surface area (Å²) in [6.07, 6.45) is 2.45. The molecule has 3 heteroatoms. The van der Waals surface area contributed by atoms with Crippen LogP contribution in [0.5, 0.6) is 0 Å². The molecule has 1 aromatic carbocycles. The van der Waals surface area contributed by atoms with Gasteiger partial charge in [0, 0.05) is 29.2 Å². The lowest BCUT2D eigenvalue weighted by atomic mass is 10.1. The number of anilines is 1. The van der Waals surface area contributed by atoms with Crippen molar-refractivity contribution in [1.29, 1.82) is 0 Å². The maximum atomic E-state index is 10.8. The highest BCUT2D eigenvalue weighted by molar-refractivity contribution is 6.01. The summed E-state index contributed by atoms with van der Waals surface area (Å²) in [7, 11) is 0. The molecule has 0 radical (unpaired) electrons. The molecule has 0 unspecified atom stereocenters. The van der Waals surface area contributed by atoms with Crippen LogP contribution >= 0.6 is 0 Å². The highest BCUT2D eigenvalue weighted by atomic mass is 16.1. The number of hydrogen-bond donors (Lipinski definition) is 1. The van der Waals surface area contributed by atoms with Gasteiger partial charge in [-0.05, 0) is 19.1 Å². The predicted molar refractivity (Wildman–Crippen MR) is 61.3 cm³/mol. The summed E-state index contributed by atoms with van der Waals surface area (Å²) in [5.41, 5.74) is 1.53. The van der Waals surface area contributed by atoms with E-state index in [4.69, 9.17) is 0 Å². The molecule has 0 atom stereocenters. The number of rotatable bonds is 3. The van der Waals surface area contributed by atoms with Crippen LogP contribution in [0, 0.1) is 0 Å². The molecular weight excluding hydrogens is 188 g/mol. The minimum Gasteiger partial charge on any atom is -0.385 e. The topological polar surface area (TPSA) is 42.0 Å². The van der Waals surface area contributed by atoms with Crippen molar-refractivity contribution in [3.05, 3.63) is 36.2 Å². The van der Waals surface area contributed by atoms with Crippen LogP contribution in [0.4, 0.5) is 5.69 Å². The van der Waals surface area contributed by atoms with E-state index < -0.39 is 0 Å². The fourth-order valence-electron chi connectivity index (χ4n) is 1.67. The Morgan fingerprint density at radius 2 is 2.20 bits per heavy atom. The molecule has 15 heavy (non-hydrogen) atoms. The Kier molecular flexibility index (Phi) is 2.63. The smallest absolute Gasteiger partial charge is 0.169 e. The second-order valence-electron chi connectivity index (χ2n) is 3.25. The molecule has 0 saturated heterocycles. The Hall–Kier alpha value is -1.90. The monoisotopic (exact) mass is 200 g/mol. The maximum Gasteiger partial charge on any atom is 0.169 e. The van der Waals surface area contributed by atoms with Crippen molar-refractivity contribution in [1.82, 2.24) is 4.98 Å². The number of benzene rings is 1. The number of carbonyl (C=O) groups is 1. The second kappa shape index (κ2) is 4.09. The molecule has 0 aliphatic heterocycles. The van der Waals surface area contributed by atoms with Gasteiger partial charge in [-0.15, -0.1) is 0 Å². The van der Waals surface area contributed by atoms with Gasteiger partial charge in [0.2, 0.25) is 0 Å². The van der Waals surface area contributed by atoms with E-state index in [-0.39, 0.29) is 0 Å². The minimum atomic E-state index is 0.493. The maximum absolute atomic E-state index is 10.8. The van der Waals surface area contributed by atoms with Crippen molar-refractivity contribution < 1.29 is 4.79 Å². The zero-order valence-electron chi connectivity index (χ0n) is 8.53. The lowest BCUT2D eigenvalue weighted by molar-refractivity contribution is 0.112. The molecule has 1 heterocycles. The molecule has 0 aliphatic rings. The molecule has 1 aromatic heterocycles. The Morgan fingerprint density at radius 1 is 1.33 bits per heavy atom. The summed E-state index contributed by atoms with van der Waals surface area (Å²) >= 11 is 0. The van der Waals surface area contributed by atoms with Gasteiger partial charge in [-0.2, -0.15) is 0 Å². The number of hydrogen-bond acceptors (Lipinski definition) is 3. The highest BCUT2D eigenvalue weighted by Crippen LogP contribution is 2.23. The predicted octanol–water partition coefficient (Wildman–Crippen LogP) is 2.48. The van der Waals surface area contributed by atoms with Gasteiger partial charge >= 0.3 is 0 Å². The lowest BCUT2D eigenvalue weighted by Gasteiger charge is -2.07. The van der Waals surface area contributed by atoms with Crippen LogP contribution in [0.1, 0.15) is 17.4 Å². The number of pyridine rings is 1. The third-order valence-corrected chi connectivity index (χ3v) is 2.32. The molecule has 0 spiro atoms. The summed E-state index contributed by atoms with van der Waals surface area (Å²) in [6, 6.07) is 7.75. The number of nitrogens with zero attached hydrogens (tertiary/aromatic N) is 1. The van der Waals surface area contributed by atoms with Gasteiger partial charge in [-0.25, -0.2) is 0 Å². The molecule has 76 valence electrons. The van der Waals surface area contributed by atoms with E-state index in [0.717, 1.165) is 29.3 Å². The van der Waals surface area contributed by atoms with Crippen LogP contribution in [-0.2, 0) is 0 Å². The van der Waals surface area contributed by atoms with E-state index in [1.54, 1.807) is 6.20 Å². The first-order valence-electron chi connectivity index (χ1n) is 4.93. The first-order chi connectivity index (χ1) is 7.36. The third-order valence-electron chi connectivity index (χ3n) is 2.32. The van der Waals surface area contributed by atoms with E-state index >= 15 is 0 Å². The fraction of sp³-hybridized carbons (Fsp3) is 0.167. The second-order valence-corrected chi connectivity index (χ2v) is 3.25. The summed E-state index contributed by atoms with van der Waals surface area (Å²) in [4.78, 5) is 14.8. The van der Waals surface area contributed by atoms with Crippen LogP contribution in [0.3, 0.4) is 0 Å². The molecule has 3 nitrogen and oxygen atoms in total. The molecule has 0 fully saturated rings. The van der Waals surface area contributed by atoms with E-state index in [9.17, 15) is 4.79 Å². The number of fused-ring (bicyclic) bond motifs is 1. The third kappa shape index (κ3) is 1.68. The van der Waals surface area contributed by atoms with Crippen LogP contribution in [0.25, 0.3) is 10.8 Å². The first kappa shape index (κ1) is 9.65. The van der Waals surface area contributed by atoms with Gasteiger partial charge < -0.3 is 5.32 Å². The normalized spacial score (nSPS) is 10.2. The Bertz CT molecular complexity index is 494. The van der Waals surface area contributed by atoms with Gasteiger partial charge in [0.1, 0.15) is 5.69 Å². The van der Waals surface area contributed by atoms with Gasteiger partial charge in [-0.1, -0.05) is 12.1 Å². The van der Waals surface area contributed by atoms with Gasteiger partial charge in [0.15, 0.2) is 6.29 Å². The largest absolute Gasteiger partial charge is 0.385 e. The number of aromatic nitrogens is 1. The summed E-state index contributed by atoms with van der Waals surface area (Å²) in [6.45, 7) is 2.90. The summed E-state index contributed by atoms with van der Waals surface area (Å²) < 4.78 is 0. The van der Waals surface area contributed by atoms with E-state index in [0.29, 0.717) is 5.69 Å². The van der Waals surface area contributed by atoms with Crippen LogP contribution < -0.4 is 5.32 Å². The van der Waals surface area contributed by atoms with E-state index in [2.05, 4.69) is 10.3 Å². The molecule has 0 aliphatic carbocycles. The van der Waals surface area contributed by atoms with Gasteiger partial charge in [0.25, 0.3) is 0 Å². The van der Waals surface area contributed by atoms with Crippen molar-refractivity contribution in [3.63, 3.8) is 0 Å². The minimum absolute atomic E-state index is 0.493. The molecule has 0 amide bonds. The van der Waals surface area contributed by atoms with Crippen molar-refractivity contribution in [2.45, 2.75) is 6.92 Å². The van der Waals surface area contributed by atoms with E-state index in [1.807, 2.05) is 31.2 Å². The Balaban J connectivity index is 2.70. The van der Waals surface area contributed by atoms with Crippen molar-refractivity contribution >= 4 is 22.7 Å². The molecule has 1 N–H and O–H groups in total. The lowest BCUT2D eigenvalue weighted by Crippen LogP contribution is -1.98. The molecule has 0 saturated carbocycles. The first-order valence-corrected chi connectivity index (χ1v) is 4.93. The zero-order valence-corrected chi connectivity index (χ0v) is 8.53. The van der Waals surface area contributed by atoms with Gasteiger partial charge in [0.05, 0.1) is 0 Å². The molecule has 0 bridgehead atoms. The average Bonchev–Trinajstić information content (AvgIpc) is 2.29. The van der Waals surface area contributed by atoms with Gasteiger partial charge in [-0.3, -0.25) is 9.78 Å². The van der Waals surface area contributed by atoms with Crippen molar-refractivity contribution in [2.24, 2.45) is 0 Å². The Morgan fingerprint density at radius 3 is 2.93 bits per heavy atom. The number of aldehydes is 1. The summed E-state index contributed by atoms with van der Waals surface area (Å²) in [5, 5.41) is 5.19. The van der Waals surface area contributed by atoms with Crippen LogP contribution in [0.15, 0.2) is 30.5 Å². The average molecular weight is 200 g/mol. The zero-order chi connectivity index (χ0) is 10.7. The van der Waals surface area contributed by atoms with Crippen LogP contribution in [0.2, 0.25) is 0 Å².